The van der Waals surface area contributed by atoms with E-state index >= 15 is 0 Å². The van der Waals surface area contributed by atoms with Crippen LogP contribution in [-0.2, 0) is 0 Å². The number of fused-ring (bicyclic) bond motifs is 6. The van der Waals surface area contributed by atoms with E-state index in [1.54, 1.807) is 0 Å². The zero-order chi connectivity index (χ0) is 18.5. The van der Waals surface area contributed by atoms with Crippen LogP contribution >= 0.6 is 0 Å². The van der Waals surface area contributed by atoms with Crippen molar-refractivity contribution in [2.45, 2.75) is 0 Å². The van der Waals surface area contributed by atoms with Gasteiger partial charge < -0.3 is 0 Å². The predicted octanol–water partition coefficient (Wildman–Crippen LogP) is 5.55. The van der Waals surface area contributed by atoms with Crippen LogP contribution in [0.5, 0.6) is 0 Å². The van der Waals surface area contributed by atoms with Gasteiger partial charge in [-0.25, -0.2) is 4.98 Å². The average Bonchev–Trinajstić information content (AvgIpc) is 2.78. The third-order valence-corrected chi connectivity index (χ3v) is 5.17. The molecule has 6 rings (SSSR count). The molecule has 0 aliphatic rings. The number of aromatic nitrogens is 4. The second kappa shape index (κ2) is 5.79. The minimum Gasteiger partial charge on any atom is -0.254 e. The SMILES string of the molecule is c1cnc2c(c1)ccc1ccc(-c3cc4cccnc4c4ncccc34)nc12. The first-order valence-corrected chi connectivity index (χ1v) is 9.16. The summed E-state index contributed by atoms with van der Waals surface area (Å²) in [6.45, 7) is 0. The molecule has 4 heteroatoms. The molecule has 0 aliphatic heterocycles. The van der Waals surface area contributed by atoms with Gasteiger partial charge in [-0.05, 0) is 30.3 Å². The molecule has 28 heavy (non-hydrogen) atoms. The molecule has 2 aromatic carbocycles. The molecule has 4 heterocycles. The van der Waals surface area contributed by atoms with E-state index in [0.717, 1.165) is 54.9 Å². The van der Waals surface area contributed by atoms with Crippen LogP contribution in [0.1, 0.15) is 0 Å². The molecule has 0 bridgehead atoms. The first kappa shape index (κ1) is 15.2. The molecule has 4 aromatic heterocycles. The minimum atomic E-state index is 0.897. The molecule has 0 saturated heterocycles. The van der Waals surface area contributed by atoms with Gasteiger partial charge in [-0.1, -0.05) is 36.4 Å². The van der Waals surface area contributed by atoms with Gasteiger partial charge in [0.05, 0.1) is 27.8 Å². The van der Waals surface area contributed by atoms with Gasteiger partial charge in [0, 0.05) is 45.7 Å². The summed E-state index contributed by atoms with van der Waals surface area (Å²) in [4.78, 5) is 18.7. The average molecular weight is 358 g/mol. The van der Waals surface area contributed by atoms with E-state index in [1.165, 1.54) is 0 Å². The van der Waals surface area contributed by atoms with Crippen molar-refractivity contribution in [1.29, 1.82) is 0 Å². The maximum atomic E-state index is 5.02. The van der Waals surface area contributed by atoms with Gasteiger partial charge in [0.15, 0.2) is 0 Å². The Morgan fingerprint density at radius 3 is 1.93 bits per heavy atom. The van der Waals surface area contributed by atoms with E-state index in [1.807, 2.05) is 36.8 Å². The molecule has 0 aliphatic carbocycles. The van der Waals surface area contributed by atoms with Crippen LogP contribution in [0.2, 0.25) is 0 Å². The molecule has 0 unspecified atom stereocenters. The number of pyridine rings is 4. The van der Waals surface area contributed by atoms with Gasteiger partial charge in [0.25, 0.3) is 0 Å². The fourth-order valence-corrected chi connectivity index (χ4v) is 3.86. The van der Waals surface area contributed by atoms with Crippen LogP contribution in [0.15, 0.2) is 85.3 Å². The molecule has 0 saturated carbocycles. The number of benzene rings is 2. The zero-order valence-electron chi connectivity index (χ0n) is 14.9. The van der Waals surface area contributed by atoms with Crippen molar-refractivity contribution < 1.29 is 0 Å². The first-order valence-electron chi connectivity index (χ1n) is 9.16. The second-order valence-electron chi connectivity index (χ2n) is 6.81. The Morgan fingerprint density at radius 1 is 0.500 bits per heavy atom. The smallest absolute Gasteiger partial charge is 0.0972 e. The highest BCUT2D eigenvalue weighted by molar-refractivity contribution is 6.10. The van der Waals surface area contributed by atoms with E-state index in [0.29, 0.717) is 0 Å². The van der Waals surface area contributed by atoms with Gasteiger partial charge in [0.1, 0.15) is 0 Å². The summed E-state index contributed by atoms with van der Waals surface area (Å²) in [6, 6.07) is 22.6. The summed E-state index contributed by atoms with van der Waals surface area (Å²) in [7, 11) is 0. The highest BCUT2D eigenvalue weighted by Crippen LogP contribution is 2.33. The second-order valence-corrected chi connectivity index (χ2v) is 6.81. The Hall–Kier alpha value is -3.92. The molecule has 0 spiro atoms. The zero-order valence-corrected chi connectivity index (χ0v) is 14.9. The highest BCUT2D eigenvalue weighted by Gasteiger charge is 2.12. The summed E-state index contributed by atoms with van der Waals surface area (Å²) >= 11 is 0. The molecule has 0 amide bonds. The summed E-state index contributed by atoms with van der Waals surface area (Å²) in [5.41, 5.74) is 5.61. The third-order valence-electron chi connectivity index (χ3n) is 5.17. The Labute approximate surface area is 160 Å². The maximum Gasteiger partial charge on any atom is 0.0972 e. The number of rotatable bonds is 1. The Kier molecular flexibility index (Phi) is 3.14. The quantitative estimate of drug-likeness (QED) is 0.362. The molecule has 0 atom stereocenters. The van der Waals surface area contributed by atoms with Gasteiger partial charge in [0.2, 0.25) is 0 Å². The molecule has 4 nitrogen and oxygen atoms in total. The summed E-state index contributed by atoms with van der Waals surface area (Å²) in [6.07, 6.45) is 5.44. The lowest BCUT2D eigenvalue weighted by atomic mass is 10.0. The van der Waals surface area contributed by atoms with Crippen molar-refractivity contribution in [3.05, 3.63) is 85.3 Å². The van der Waals surface area contributed by atoms with Crippen molar-refractivity contribution in [1.82, 2.24) is 19.9 Å². The van der Waals surface area contributed by atoms with Crippen LogP contribution in [0, 0.1) is 0 Å². The Morgan fingerprint density at radius 2 is 1.11 bits per heavy atom. The van der Waals surface area contributed by atoms with Gasteiger partial charge in [-0.15, -0.1) is 0 Å². The van der Waals surface area contributed by atoms with Crippen LogP contribution in [0.3, 0.4) is 0 Å². The van der Waals surface area contributed by atoms with Crippen molar-refractivity contribution in [3.8, 4) is 11.3 Å². The lowest BCUT2D eigenvalue weighted by molar-refractivity contribution is 1.36. The Balaban J connectivity index is 1.73. The molecular weight excluding hydrogens is 344 g/mol. The topological polar surface area (TPSA) is 51.6 Å². The lowest BCUT2D eigenvalue weighted by Gasteiger charge is -2.10. The predicted molar refractivity (Wildman–Crippen MR) is 113 cm³/mol. The fourth-order valence-electron chi connectivity index (χ4n) is 3.86. The third kappa shape index (κ3) is 2.18. The van der Waals surface area contributed by atoms with Crippen LogP contribution in [0.4, 0.5) is 0 Å². The molecule has 130 valence electrons. The number of hydrogen-bond acceptors (Lipinski definition) is 4. The first-order chi connectivity index (χ1) is 13.9. The summed E-state index contributed by atoms with van der Waals surface area (Å²) in [5, 5.41) is 4.28. The Bertz CT molecular complexity index is 1520. The highest BCUT2D eigenvalue weighted by atomic mass is 14.8. The lowest BCUT2D eigenvalue weighted by Crippen LogP contribution is -1.92. The summed E-state index contributed by atoms with van der Waals surface area (Å²) < 4.78 is 0. The van der Waals surface area contributed by atoms with Crippen molar-refractivity contribution in [2.75, 3.05) is 0 Å². The van der Waals surface area contributed by atoms with Crippen molar-refractivity contribution >= 4 is 43.6 Å². The molecular formula is C24H14N4. The standard InChI is InChI=1S/C24H14N4/c1-4-15-7-8-16-9-10-20(28-23(16)21(15)25-11-1)19-14-17-5-2-12-26-22(17)24-18(19)6-3-13-27-24/h1-14H. The van der Waals surface area contributed by atoms with E-state index < -0.39 is 0 Å². The minimum absolute atomic E-state index is 0.897. The van der Waals surface area contributed by atoms with Crippen LogP contribution < -0.4 is 0 Å². The van der Waals surface area contributed by atoms with E-state index in [2.05, 4.69) is 63.5 Å². The van der Waals surface area contributed by atoms with Crippen molar-refractivity contribution in [3.63, 3.8) is 0 Å². The molecule has 0 N–H and O–H groups in total. The van der Waals surface area contributed by atoms with Crippen molar-refractivity contribution in [2.24, 2.45) is 0 Å². The van der Waals surface area contributed by atoms with E-state index in [9.17, 15) is 0 Å². The molecule has 0 fully saturated rings. The number of nitrogens with zero attached hydrogens (tertiary/aromatic N) is 4. The largest absolute Gasteiger partial charge is 0.254 e. The van der Waals surface area contributed by atoms with Crippen LogP contribution in [0.25, 0.3) is 54.9 Å². The van der Waals surface area contributed by atoms with Gasteiger partial charge >= 0.3 is 0 Å². The summed E-state index contributed by atoms with van der Waals surface area (Å²) in [5.74, 6) is 0. The maximum absolute atomic E-state index is 5.02. The monoisotopic (exact) mass is 358 g/mol. The van der Waals surface area contributed by atoms with Gasteiger partial charge in [-0.2, -0.15) is 0 Å². The molecule has 0 radical (unpaired) electrons. The number of hydrogen-bond donors (Lipinski definition) is 0. The van der Waals surface area contributed by atoms with E-state index in [4.69, 9.17) is 4.98 Å². The van der Waals surface area contributed by atoms with E-state index in [-0.39, 0.29) is 0 Å². The van der Waals surface area contributed by atoms with Crippen LogP contribution in [-0.4, -0.2) is 19.9 Å². The van der Waals surface area contributed by atoms with Gasteiger partial charge in [-0.3, -0.25) is 15.0 Å². The molecule has 6 aromatic rings. The normalized spacial score (nSPS) is 11.6. The fraction of sp³-hybridized carbons (Fsp3) is 0.